The van der Waals surface area contributed by atoms with Crippen molar-refractivity contribution in [1.29, 1.82) is 0 Å². The van der Waals surface area contributed by atoms with Crippen molar-refractivity contribution >= 4 is 17.0 Å². The van der Waals surface area contributed by atoms with Crippen LogP contribution in [0.4, 0.5) is 5.95 Å². The third-order valence-corrected chi connectivity index (χ3v) is 3.66. The molecule has 2 aliphatic rings. The van der Waals surface area contributed by atoms with Crippen LogP contribution < -0.4 is 20.1 Å². The quantitative estimate of drug-likeness (QED) is 0.762. The minimum atomic E-state index is 0.294. The number of hydrogen-bond acceptors (Lipinski definition) is 5. The maximum Gasteiger partial charge on any atom is 0.231 e. The van der Waals surface area contributed by atoms with Gasteiger partial charge in [-0.1, -0.05) is 0 Å². The monoisotopic (exact) mass is 260 g/mol. The van der Waals surface area contributed by atoms with E-state index in [0.717, 1.165) is 54.4 Å². The van der Waals surface area contributed by atoms with Gasteiger partial charge in [0.15, 0.2) is 11.5 Å². The summed E-state index contributed by atoms with van der Waals surface area (Å²) in [7, 11) is 0. The van der Waals surface area contributed by atoms with Gasteiger partial charge in [0, 0.05) is 18.2 Å². The lowest BCUT2D eigenvalue weighted by Gasteiger charge is -2.23. The Morgan fingerprint density at radius 2 is 1.95 bits per heavy atom. The molecule has 100 valence electrons. The van der Waals surface area contributed by atoms with Gasteiger partial charge in [-0.2, -0.15) is 0 Å². The minimum Gasteiger partial charge on any atom is -0.454 e. The first-order valence-corrected chi connectivity index (χ1v) is 6.65. The standard InChI is InChI=1S/C13H16N4O2/c1-3-14-4-2-8(1)15-13-16-9-5-11-12(19-7-18-11)6-10(9)17-13/h5-6,8,14H,1-4,7H2,(H2,15,16,17). The van der Waals surface area contributed by atoms with E-state index in [1.807, 2.05) is 12.1 Å². The van der Waals surface area contributed by atoms with Gasteiger partial charge in [-0.25, -0.2) is 4.98 Å². The van der Waals surface area contributed by atoms with E-state index in [9.17, 15) is 0 Å². The number of nitrogens with one attached hydrogen (secondary N) is 3. The third-order valence-electron chi connectivity index (χ3n) is 3.66. The van der Waals surface area contributed by atoms with Gasteiger partial charge < -0.3 is 25.1 Å². The van der Waals surface area contributed by atoms with Gasteiger partial charge in [-0.05, 0) is 25.9 Å². The number of piperidine rings is 1. The second-order valence-electron chi connectivity index (χ2n) is 4.98. The molecule has 19 heavy (non-hydrogen) atoms. The average Bonchev–Trinajstić information content (AvgIpc) is 3.01. The second-order valence-corrected chi connectivity index (χ2v) is 4.98. The molecule has 1 aromatic carbocycles. The van der Waals surface area contributed by atoms with Crippen molar-refractivity contribution in [3.8, 4) is 11.5 Å². The number of nitrogens with zero attached hydrogens (tertiary/aromatic N) is 1. The Morgan fingerprint density at radius 3 is 2.79 bits per heavy atom. The SMILES string of the molecule is c1c2c(cc3[nH]c(NC4CCNCC4)nc13)OCO2. The lowest BCUT2D eigenvalue weighted by Crippen LogP contribution is -2.35. The van der Waals surface area contributed by atoms with E-state index in [4.69, 9.17) is 9.47 Å². The number of H-pyrrole nitrogens is 1. The Balaban J connectivity index is 1.61. The Bertz CT molecular complexity index is 563. The number of rotatable bonds is 2. The molecule has 0 bridgehead atoms. The van der Waals surface area contributed by atoms with Crippen molar-refractivity contribution in [3.05, 3.63) is 12.1 Å². The van der Waals surface area contributed by atoms with Gasteiger partial charge in [-0.15, -0.1) is 0 Å². The number of imidazole rings is 1. The summed E-state index contributed by atoms with van der Waals surface area (Å²) in [5, 5.41) is 6.81. The fraction of sp³-hybridized carbons (Fsp3) is 0.462. The second kappa shape index (κ2) is 4.31. The molecule has 0 saturated carbocycles. The number of ether oxygens (including phenoxy) is 2. The van der Waals surface area contributed by atoms with Crippen molar-refractivity contribution in [2.75, 3.05) is 25.2 Å². The van der Waals surface area contributed by atoms with Crippen LogP contribution in [-0.4, -0.2) is 35.9 Å². The maximum atomic E-state index is 5.37. The molecule has 2 aliphatic heterocycles. The molecule has 1 saturated heterocycles. The summed E-state index contributed by atoms with van der Waals surface area (Å²) < 4.78 is 10.7. The van der Waals surface area contributed by atoms with Crippen molar-refractivity contribution in [2.24, 2.45) is 0 Å². The molecule has 3 heterocycles. The first-order valence-electron chi connectivity index (χ1n) is 6.65. The zero-order valence-electron chi connectivity index (χ0n) is 10.5. The molecule has 0 radical (unpaired) electrons. The lowest BCUT2D eigenvalue weighted by atomic mass is 10.1. The van der Waals surface area contributed by atoms with Crippen molar-refractivity contribution in [2.45, 2.75) is 18.9 Å². The van der Waals surface area contributed by atoms with Gasteiger partial charge in [-0.3, -0.25) is 0 Å². The van der Waals surface area contributed by atoms with Crippen LogP contribution in [0.1, 0.15) is 12.8 Å². The smallest absolute Gasteiger partial charge is 0.231 e. The lowest BCUT2D eigenvalue weighted by molar-refractivity contribution is 0.174. The first kappa shape index (κ1) is 10.9. The highest BCUT2D eigenvalue weighted by Crippen LogP contribution is 2.35. The van der Waals surface area contributed by atoms with Gasteiger partial charge in [0.05, 0.1) is 11.0 Å². The Hall–Kier alpha value is -1.95. The molecular formula is C13H16N4O2. The summed E-state index contributed by atoms with van der Waals surface area (Å²) in [6.45, 7) is 2.42. The molecule has 2 aromatic rings. The van der Waals surface area contributed by atoms with Crippen molar-refractivity contribution in [1.82, 2.24) is 15.3 Å². The number of aromatic amines is 1. The number of anilines is 1. The Kier molecular flexibility index (Phi) is 2.48. The highest BCUT2D eigenvalue weighted by atomic mass is 16.7. The summed E-state index contributed by atoms with van der Waals surface area (Å²) in [6, 6.07) is 4.35. The van der Waals surface area contributed by atoms with E-state index >= 15 is 0 Å². The summed E-state index contributed by atoms with van der Waals surface area (Å²) >= 11 is 0. The molecule has 0 aliphatic carbocycles. The van der Waals surface area contributed by atoms with Crippen LogP contribution in [0, 0.1) is 0 Å². The molecule has 0 atom stereocenters. The fourth-order valence-electron chi connectivity index (χ4n) is 2.63. The van der Waals surface area contributed by atoms with E-state index in [2.05, 4.69) is 20.6 Å². The van der Waals surface area contributed by atoms with E-state index in [1.165, 1.54) is 0 Å². The Morgan fingerprint density at radius 1 is 1.16 bits per heavy atom. The predicted octanol–water partition coefficient (Wildman–Crippen LogP) is 1.46. The van der Waals surface area contributed by atoms with Gasteiger partial charge in [0.1, 0.15) is 0 Å². The largest absolute Gasteiger partial charge is 0.454 e. The van der Waals surface area contributed by atoms with E-state index in [1.54, 1.807) is 0 Å². The molecule has 4 rings (SSSR count). The average molecular weight is 260 g/mol. The van der Waals surface area contributed by atoms with Crippen molar-refractivity contribution < 1.29 is 9.47 Å². The molecule has 0 amide bonds. The van der Waals surface area contributed by atoms with Gasteiger partial charge in [0.25, 0.3) is 0 Å². The molecule has 3 N–H and O–H groups in total. The molecule has 0 unspecified atom stereocenters. The zero-order chi connectivity index (χ0) is 12.7. The minimum absolute atomic E-state index is 0.294. The highest BCUT2D eigenvalue weighted by molar-refractivity contribution is 5.82. The van der Waals surface area contributed by atoms with Crippen molar-refractivity contribution in [3.63, 3.8) is 0 Å². The molecule has 1 aromatic heterocycles. The summed E-state index contributed by atoms with van der Waals surface area (Å²) in [5.41, 5.74) is 1.88. The van der Waals surface area contributed by atoms with Crippen LogP contribution in [0.3, 0.4) is 0 Å². The third kappa shape index (κ3) is 1.98. The maximum absolute atomic E-state index is 5.37. The van der Waals surface area contributed by atoms with E-state index in [0.29, 0.717) is 12.8 Å². The van der Waals surface area contributed by atoms with Crippen LogP contribution in [-0.2, 0) is 0 Å². The van der Waals surface area contributed by atoms with Crippen LogP contribution in [0.2, 0.25) is 0 Å². The molecule has 6 nitrogen and oxygen atoms in total. The summed E-state index contributed by atoms with van der Waals surface area (Å²) in [6.07, 6.45) is 2.25. The first-order chi connectivity index (χ1) is 9.38. The van der Waals surface area contributed by atoms with Crippen LogP contribution >= 0.6 is 0 Å². The molecule has 6 heteroatoms. The zero-order valence-corrected chi connectivity index (χ0v) is 10.5. The molecule has 0 spiro atoms. The number of hydrogen-bond donors (Lipinski definition) is 3. The summed E-state index contributed by atoms with van der Waals surface area (Å²) in [4.78, 5) is 7.86. The fourth-order valence-corrected chi connectivity index (χ4v) is 2.63. The number of fused-ring (bicyclic) bond motifs is 2. The number of aromatic nitrogens is 2. The molecular weight excluding hydrogens is 244 g/mol. The number of benzene rings is 1. The summed E-state index contributed by atoms with van der Waals surface area (Å²) in [5.74, 6) is 2.38. The van der Waals surface area contributed by atoms with Gasteiger partial charge in [0.2, 0.25) is 12.7 Å². The van der Waals surface area contributed by atoms with Crippen LogP contribution in [0.25, 0.3) is 11.0 Å². The van der Waals surface area contributed by atoms with Gasteiger partial charge >= 0.3 is 0 Å². The van der Waals surface area contributed by atoms with E-state index < -0.39 is 0 Å². The normalized spacial score (nSPS) is 18.9. The topological polar surface area (TPSA) is 71.2 Å². The van der Waals surface area contributed by atoms with E-state index in [-0.39, 0.29) is 0 Å². The van der Waals surface area contributed by atoms with Crippen LogP contribution in [0.15, 0.2) is 12.1 Å². The van der Waals surface area contributed by atoms with Crippen LogP contribution in [0.5, 0.6) is 11.5 Å². The molecule has 1 fully saturated rings. The Labute approximate surface area is 110 Å². The highest BCUT2D eigenvalue weighted by Gasteiger charge is 2.18. The predicted molar refractivity (Wildman–Crippen MR) is 71.7 cm³/mol.